The summed E-state index contributed by atoms with van der Waals surface area (Å²) in [5.74, 6) is -0.279. The van der Waals surface area contributed by atoms with Gasteiger partial charge in [0.25, 0.3) is 0 Å². The van der Waals surface area contributed by atoms with Crippen molar-refractivity contribution < 1.29 is 9.59 Å². The predicted octanol–water partition coefficient (Wildman–Crippen LogP) is 4.75. The molecule has 2 aromatic carbocycles. The first-order valence-corrected chi connectivity index (χ1v) is 6.44. The van der Waals surface area contributed by atoms with Crippen LogP contribution >= 0.6 is 0 Å². The van der Waals surface area contributed by atoms with Crippen molar-refractivity contribution >= 4 is 11.6 Å². The van der Waals surface area contributed by atoms with Gasteiger partial charge in [-0.25, -0.2) is 0 Å². The van der Waals surface area contributed by atoms with Crippen LogP contribution in [0.4, 0.5) is 0 Å². The van der Waals surface area contributed by atoms with Crippen LogP contribution in [0.25, 0.3) is 0 Å². The van der Waals surface area contributed by atoms with Crippen molar-refractivity contribution in [1.29, 1.82) is 0 Å². The highest BCUT2D eigenvalue weighted by molar-refractivity contribution is 6.13. The van der Waals surface area contributed by atoms with Crippen LogP contribution in [0.5, 0.6) is 0 Å². The van der Waals surface area contributed by atoms with E-state index < -0.39 is 0 Å². The molecule has 0 saturated carbocycles. The fraction of sp³-hybridized carbons (Fsp3) is 0.0526. The molecule has 0 fully saturated rings. The maximum absolute atomic E-state index is 11.8. The molecule has 0 spiro atoms. The normalized spacial score (nSPS) is 8.38. The lowest BCUT2D eigenvalue weighted by molar-refractivity contribution is 0.0894. The van der Waals surface area contributed by atoms with E-state index in [1.54, 1.807) is 48.5 Å². The predicted molar refractivity (Wildman–Crippen MR) is 88.7 cm³/mol. The quantitative estimate of drug-likeness (QED) is 0.460. The van der Waals surface area contributed by atoms with Crippen LogP contribution in [-0.2, 0) is 0 Å². The molecule has 0 aliphatic heterocycles. The zero-order chi connectivity index (χ0) is 16.1. The largest absolute Gasteiger partial charge is 0.294 e. The smallest absolute Gasteiger partial charge is 0.170 e. The molecule has 21 heavy (non-hydrogen) atoms. The van der Waals surface area contributed by atoms with Crippen LogP contribution in [0.15, 0.2) is 87.0 Å². The number of rotatable bonds is 4. The molecule has 0 bridgehead atoms. The van der Waals surface area contributed by atoms with Crippen molar-refractivity contribution in [3.05, 3.63) is 98.1 Å². The first-order valence-electron chi connectivity index (χ1n) is 6.44. The van der Waals surface area contributed by atoms with Crippen molar-refractivity contribution in [2.45, 2.75) is 6.42 Å². The summed E-state index contributed by atoms with van der Waals surface area (Å²) in [5.41, 5.74) is 1.16. The van der Waals surface area contributed by atoms with Gasteiger partial charge in [-0.1, -0.05) is 60.7 Å². The average molecular weight is 280 g/mol. The summed E-state index contributed by atoms with van der Waals surface area (Å²) >= 11 is 0. The number of carbonyl (C=O) groups excluding carboxylic acids is 2. The van der Waals surface area contributed by atoms with Crippen LogP contribution in [0.1, 0.15) is 27.1 Å². The monoisotopic (exact) mass is 280 g/mol. The third-order valence-electron chi connectivity index (χ3n) is 2.51. The highest BCUT2D eigenvalue weighted by atomic mass is 16.1. The molecule has 0 aromatic heterocycles. The first kappa shape index (κ1) is 18.3. The summed E-state index contributed by atoms with van der Waals surface area (Å²) in [6.07, 6.45) is -0.0754. The Morgan fingerprint density at radius 2 is 0.905 bits per heavy atom. The van der Waals surface area contributed by atoms with E-state index in [-0.39, 0.29) is 18.0 Å². The first-order chi connectivity index (χ1) is 10.3. The Morgan fingerprint density at radius 1 is 0.619 bits per heavy atom. The van der Waals surface area contributed by atoms with E-state index >= 15 is 0 Å². The van der Waals surface area contributed by atoms with Gasteiger partial charge < -0.3 is 0 Å². The Bertz CT molecular complexity index is 493. The molecule has 0 unspecified atom stereocenters. The minimum absolute atomic E-state index is 0.0754. The third-order valence-corrected chi connectivity index (χ3v) is 2.51. The number of hydrogen-bond acceptors (Lipinski definition) is 2. The van der Waals surface area contributed by atoms with Crippen molar-refractivity contribution in [1.82, 2.24) is 0 Å². The average Bonchev–Trinajstić information content (AvgIpc) is 2.60. The standard InChI is InChI=1S/C15H12O2.2C2H4/c16-14(12-7-3-1-4-8-12)11-15(17)13-9-5-2-6-10-13;2*1-2/h1-10H,11H2;2*1-2H2. The van der Waals surface area contributed by atoms with Crippen LogP contribution < -0.4 is 0 Å². The third kappa shape index (κ3) is 6.30. The number of carbonyl (C=O) groups is 2. The topological polar surface area (TPSA) is 34.1 Å². The molecule has 0 saturated heterocycles. The molecule has 0 radical (unpaired) electrons. The second kappa shape index (κ2) is 11.1. The Balaban J connectivity index is 0.000000921. The fourth-order valence-corrected chi connectivity index (χ4v) is 1.60. The number of Topliss-reactive ketones (excluding diaryl/α,β-unsaturated/α-hetero) is 2. The summed E-state index contributed by atoms with van der Waals surface area (Å²) in [4.78, 5) is 23.6. The van der Waals surface area contributed by atoms with E-state index in [9.17, 15) is 9.59 Å². The molecular formula is C19H20O2. The van der Waals surface area contributed by atoms with Crippen LogP contribution in [-0.4, -0.2) is 11.6 Å². The van der Waals surface area contributed by atoms with E-state index in [1.807, 2.05) is 12.1 Å². The lowest BCUT2D eigenvalue weighted by Gasteiger charge is -2.00. The molecule has 0 amide bonds. The van der Waals surface area contributed by atoms with Crippen molar-refractivity contribution in [2.75, 3.05) is 0 Å². The maximum Gasteiger partial charge on any atom is 0.170 e. The summed E-state index contributed by atoms with van der Waals surface area (Å²) in [7, 11) is 0. The molecule has 0 N–H and O–H groups in total. The van der Waals surface area contributed by atoms with Gasteiger partial charge in [0.2, 0.25) is 0 Å². The molecule has 0 aliphatic carbocycles. The zero-order valence-electron chi connectivity index (χ0n) is 12.1. The molecule has 2 rings (SSSR count). The van der Waals surface area contributed by atoms with Gasteiger partial charge in [0.05, 0.1) is 6.42 Å². The number of ketones is 2. The highest BCUT2D eigenvalue weighted by Gasteiger charge is 2.12. The van der Waals surface area contributed by atoms with Gasteiger partial charge >= 0.3 is 0 Å². The minimum atomic E-state index is -0.139. The van der Waals surface area contributed by atoms with E-state index in [2.05, 4.69) is 26.3 Å². The summed E-state index contributed by atoms with van der Waals surface area (Å²) < 4.78 is 0. The van der Waals surface area contributed by atoms with Crippen LogP contribution in [0, 0.1) is 0 Å². The molecular weight excluding hydrogens is 260 g/mol. The van der Waals surface area contributed by atoms with Gasteiger partial charge in [0.1, 0.15) is 0 Å². The highest BCUT2D eigenvalue weighted by Crippen LogP contribution is 2.08. The Morgan fingerprint density at radius 3 is 1.19 bits per heavy atom. The van der Waals surface area contributed by atoms with E-state index in [1.165, 1.54) is 0 Å². The lowest BCUT2D eigenvalue weighted by atomic mass is 10.0. The molecule has 108 valence electrons. The van der Waals surface area contributed by atoms with Gasteiger partial charge in [0, 0.05) is 11.1 Å². The van der Waals surface area contributed by atoms with E-state index in [0.717, 1.165) is 0 Å². The van der Waals surface area contributed by atoms with Crippen LogP contribution in [0.2, 0.25) is 0 Å². The molecule has 2 nitrogen and oxygen atoms in total. The maximum atomic E-state index is 11.8. The number of benzene rings is 2. The van der Waals surface area contributed by atoms with Crippen molar-refractivity contribution in [3.8, 4) is 0 Å². The van der Waals surface area contributed by atoms with E-state index in [4.69, 9.17) is 0 Å². The Kier molecular flexibility index (Phi) is 9.67. The van der Waals surface area contributed by atoms with Gasteiger partial charge in [-0.15, -0.1) is 26.3 Å². The molecule has 0 aliphatic rings. The van der Waals surface area contributed by atoms with E-state index in [0.29, 0.717) is 11.1 Å². The van der Waals surface area contributed by atoms with Crippen molar-refractivity contribution in [2.24, 2.45) is 0 Å². The summed E-state index contributed by atoms with van der Waals surface area (Å²) in [6.45, 7) is 12.0. The molecule has 2 heteroatoms. The summed E-state index contributed by atoms with van der Waals surface area (Å²) in [5, 5.41) is 0. The van der Waals surface area contributed by atoms with Gasteiger partial charge in [-0.2, -0.15) is 0 Å². The molecule has 2 aromatic rings. The van der Waals surface area contributed by atoms with Crippen LogP contribution in [0.3, 0.4) is 0 Å². The van der Waals surface area contributed by atoms with Gasteiger partial charge in [-0.3, -0.25) is 9.59 Å². The Hall–Kier alpha value is -2.74. The van der Waals surface area contributed by atoms with Gasteiger partial charge in [0.15, 0.2) is 11.6 Å². The van der Waals surface area contributed by atoms with Gasteiger partial charge in [-0.05, 0) is 0 Å². The van der Waals surface area contributed by atoms with Crippen molar-refractivity contribution in [3.63, 3.8) is 0 Å². The summed E-state index contributed by atoms with van der Waals surface area (Å²) in [6, 6.07) is 17.7. The zero-order valence-corrected chi connectivity index (χ0v) is 12.1. The second-order valence-electron chi connectivity index (χ2n) is 3.76. The number of hydrogen-bond donors (Lipinski definition) is 0. The minimum Gasteiger partial charge on any atom is -0.294 e. The Labute approximate surface area is 126 Å². The SMILES string of the molecule is C=C.C=C.O=C(CC(=O)c1ccccc1)c1ccccc1. The lowest BCUT2D eigenvalue weighted by Crippen LogP contribution is -2.08. The fourth-order valence-electron chi connectivity index (χ4n) is 1.60. The molecule has 0 heterocycles. The second-order valence-corrected chi connectivity index (χ2v) is 3.76. The molecule has 0 atom stereocenters.